The number of nitrogens with two attached hydrogens (primary N) is 1. The predicted molar refractivity (Wildman–Crippen MR) is 61.2 cm³/mol. The van der Waals surface area contributed by atoms with Gasteiger partial charge in [0.2, 0.25) is 0 Å². The van der Waals surface area contributed by atoms with E-state index in [9.17, 15) is 4.39 Å². The molecule has 0 amide bonds. The summed E-state index contributed by atoms with van der Waals surface area (Å²) in [6.45, 7) is 0. The van der Waals surface area contributed by atoms with Crippen LogP contribution in [0.1, 0.15) is 31.2 Å². The summed E-state index contributed by atoms with van der Waals surface area (Å²) in [6.07, 6.45) is 4.53. The van der Waals surface area contributed by atoms with E-state index >= 15 is 0 Å². The van der Waals surface area contributed by atoms with Gasteiger partial charge in [0.15, 0.2) is 0 Å². The Labute approximate surface area is 97.0 Å². The van der Waals surface area contributed by atoms with E-state index in [-0.39, 0.29) is 16.8 Å². The highest BCUT2D eigenvalue weighted by Gasteiger charge is 2.64. The first-order valence-electron chi connectivity index (χ1n) is 5.32. The number of rotatable bonds is 2. The summed E-state index contributed by atoms with van der Waals surface area (Å²) in [5, 5.41) is 0. The Balaban J connectivity index is 2.03. The number of hydrogen-bond acceptors (Lipinski definition) is 1. The van der Waals surface area contributed by atoms with Gasteiger partial charge in [-0.15, -0.1) is 0 Å². The lowest BCUT2D eigenvalue weighted by molar-refractivity contribution is 0.501. The molecule has 3 heteroatoms. The molecule has 2 aliphatic rings. The second-order valence-corrected chi connectivity index (χ2v) is 5.72. The maximum absolute atomic E-state index is 13.1. The first kappa shape index (κ1) is 9.79. The van der Waals surface area contributed by atoms with Gasteiger partial charge < -0.3 is 5.73 Å². The van der Waals surface area contributed by atoms with Gasteiger partial charge in [-0.25, -0.2) is 4.39 Å². The van der Waals surface area contributed by atoms with Gasteiger partial charge in [0.05, 0.1) is 4.47 Å². The molecule has 0 spiro atoms. The number of benzene rings is 1. The lowest BCUT2D eigenvalue weighted by Gasteiger charge is -2.23. The van der Waals surface area contributed by atoms with Gasteiger partial charge >= 0.3 is 0 Å². The molecular weight excluding hydrogens is 257 g/mol. The van der Waals surface area contributed by atoms with Gasteiger partial charge in [-0.3, -0.25) is 0 Å². The highest BCUT2D eigenvalue weighted by Crippen LogP contribution is 2.63. The van der Waals surface area contributed by atoms with Gasteiger partial charge in [0.25, 0.3) is 0 Å². The molecule has 0 unspecified atom stereocenters. The van der Waals surface area contributed by atoms with Gasteiger partial charge in [0.1, 0.15) is 5.82 Å². The fourth-order valence-electron chi connectivity index (χ4n) is 2.61. The van der Waals surface area contributed by atoms with Crippen LogP contribution in [0.4, 0.5) is 4.39 Å². The smallest absolute Gasteiger partial charge is 0.137 e. The molecule has 15 heavy (non-hydrogen) atoms. The van der Waals surface area contributed by atoms with E-state index in [1.54, 1.807) is 0 Å². The van der Waals surface area contributed by atoms with Crippen LogP contribution in [0.5, 0.6) is 0 Å². The zero-order chi connectivity index (χ0) is 10.7. The molecule has 0 saturated heterocycles. The van der Waals surface area contributed by atoms with Gasteiger partial charge in [-0.2, -0.15) is 0 Å². The number of hydrogen-bond donors (Lipinski definition) is 1. The standard InChI is InChI=1S/C12H13BrFN/c13-9-7-8(1-2-10(9)14)11(3-4-11)12(15)5-6-12/h1-2,7H,3-6,15H2. The summed E-state index contributed by atoms with van der Waals surface area (Å²) in [5.41, 5.74) is 7.66. The minimum atomic E-state index is -0.198. The third-order valence-electron chi connectivity index (χ3n) is 3.96. The van der Waals surface area contributed by atoms with E-state index in [2.05, 4.69) is 15.9 Å². The summed E-state index contributed by atoms with van der Waals surface area (Å²) in [7, 11) is 0. The average molecular weight is 270 g/mol. The van der Waals surface area contributed by atoms with Crippen molar-refractivity contribution in [3.05, 3.63) is 34.1 Å². The lowest BCUT2D eigenvalue weighted by Crippen LogP contribution is -2.37. The minimum Gasteiger partial charge on any atom is -0.324 e. The molecule has 1 nitrogen and oxygen atoms in total. The minimum absolute atomic E-state index is 0.00424. The van der Waals surface area contributed by atoms with E-state index in [4.69, 9.17) is 5.73 Å². The van der Waals surface area contributed by atoms with Crippen molar-refractivity contribution in [2.24, 2.45) is 5.73 Å². The maximum atomic E-state index is 13.1. The first-order chi connectivity index (χ1) is 7.07. The van der Waals surface area contributed by atoms with E-state index < -0.39 is 0 Å². The Morgan fingerprint density at radius 2 is 1.87 bits per heavy atom. The molecule has 0 radical (unpaired) electrons. The Bertz CT molecular complexity index is 422. The van der Waals surface area contributed by atoms with Crippen LogP contribution in [0.2, 0.25) is 0 Å². The molecule has 2 fully saturated rings. The molecule has 0 aliphatic heterocycles. The molecule has 3 rings (SSSR count). The molecule has 2 N–H and O–H groups in total. The molecule has 2 saturated carbocycles. The zero-order valence-electron chi connectivity index (χ0n) is 8.39. The molecule has 1 aromatic rings. The van der Waals surface area contributed by atoms with Crippen LogP contribution in [0, 0.1) is 5.82 Å². The van der Waals surface area contributed by atoms with Crippen LogP contribution in [-0.4, -0.2) is 5.54 Å². The first-order valence-corrected chi connectivity index (χ1v) is 6.11. The third kappa shape index (κ3) is 1.29. The maximum Gasteiger partial charge on any atom is 0.137 e. The monoisotopic (exact) mass is 269 g/mol. The Morgan fingerprint density at radius 1 is 1.20 bits per heavy atom. The van der Waals surface area contributed by atoms with Crippen LogP contribution in [0.3, 0.4) is 0 Å². The zero-order valence-corrected chi connectivity index (χ0v) is 9.98. The second-order valence-electron chi connectivity index (χ2n) is 4.87. The summed E-state index contributed by atoms with van der Waals surface area (Å²) >= 11 is 3.24. The van der Waals surface area contributed by atoms with Gasteiger partial charge in [-0.1, -0.05) is 6.07 Å². The molecule has 80 valence electrons. The summed E-state index contributed by atoms with van der Waals surface area (Å²) in [5.74, 6) is -0.198. The highest BCUT2D eigenvalue weighted by molar-refractivity contribution is 9.10. The normalized spacial score (nSPS) is 25.0. The fourth-order valence-corrected chi connectivity index (χ4v) is 2.98. The molecule has 0 bridgehead atoms. The van der Waals surface area contributed by atoms with E-state index in [1.165, 1.54) is 11.6 Å². The topological polar surface area (TPSA) is 26.0 Å². The number of halogens is 2. The SMILES string of the molecule is NC1(C2(c3ccc(F)c(Br)c3)CC2)CC1. The fraction of sp³-hybridized carbons (Fsp3) is 0.500. The Morgan fingerprint density at radius 3 is 2.33 bits per heavy atom. The summed E-state index contributed by atoms with van der Waals surface area (Å²) < 4.78 is 13.7. The molecule has 0 aromatic heterocycles. The van der Waals surface area contributed by atoms with E-state index in [0.29, 0.717) is 4.47 Å². The average Bonchev–Trinajstić information content (AvgIpc) is 3.05. The van der Waals surface area contributed by atoms with Crippen molar-refractivity contribution in [2.75, 3.05) is 0 Å². The van der Waals surface area contributed by atoms with Crippen LogP contribution < -0.4 is 5.73 Å². The van der Waals surface area contributed by atoms with Gasteiger partial charge in [-0.05, 0) is 59.3 Å². The third-order valence-corrected chi connectivity index (χ3v) is 4.57. The van der Waals surface area contributed by atoms with Crippen LogP contribution in [0.15, 0.2) is 22.7 Å². The molecule has 2 aliphatic carbocycles. The quantitative estimate of drug-likeness (QED) is 0.878. The predicted octanol–water partition coefficient (Wildman–Crippen LogP) is 3.11. The van der Waals surface area contributed by atoms with Crippen molar-refractivity contribution in [2.45, 2.75) is 36.6 Å². The van der Waals surface area contributed by atoms with Crippen molar-refractivity contribution in [1.29, 1.82) is 0 Å². The molecule has 1 aromatic carbocycles. The largest absolute Gasteiger partial charge is 0.324 e. The Kier molecular flexibility index (Phi) is 1.85. The second kappa shape index (κ2) is 2.83. The summed E-state index contributed by atoms with van der Waals surface area (Å²) in [6, 6.07) is 5.32. The molecular formula is C12H13BrFN. The van der Waals surface area contributed by atoms with Crippen molar-refractivity contribution in [3.63, 3.8) is 0 Å². The van der Waals surface area contributed by atoms with Crippen LogP contribution in [0.25, 0.3) is 0 Å². The van der Waals surface area contributed by atoms with E-state index in [1.807, 2.05) is 12.1 Å². The molecule has 0 heterocycles. The van der Waals surface area contributed by atoms with Crippen LogP contribution >= 0.6 is 15.9 Å². The van der Waals surface area contributed by atoms with Crippen molar-refractivity contribution < 1.29 is 4.39 Å². The van der Waals surface area contributed by atoms with E-state index in [0.717, 1.165) is 25.7 Å². The van der Waals surface area contributed by atoms with Crippen molar-refractivity contribution in [1.82, 2.24) is 0 Å². The van der Waals surface area contributed by atoms with Crippen LogP contribution in [-0.2, 0) is 5.41 Å². The lowest BCUT2D eigenvalue weighted by atomic mass is 9.86. The summed E-state index contributed by atoms with van der Waals surface area (Å²) in [4.78, 5) is 0. The van der Waals surface area contributed by atoms with Crippen molar-refractivity contribution >= 4 is 15.9 Å². The van der Waals surface area contributed by atoms with Gasteiger partial charge in [0, 0.05) is 11.0 Å². The highest BCUT2D eigenvalue weighted by atomic mass is 79.9. The molecule has 0 atom stereocenters. The van der Waals surface area contributed by atoms with Crippen molar-refractivity contribution in [3.8, 4) is 0 Å². The Hall–Kier alpha value is -0.410.